The molecule has 2 fully saturated rings. The van der Waals surface area contributed by atoms with Crippen molar-refractivity contribution in [2.45, 2.75) is 50.7 Å². The molecular weight excluding hydrogens is 360 g/mol. The number of nitrogens with zero attached hydrogens (tertiary/aromatic N) is 1. The van der Waals surface area contributed by atoms with Gasteiger partial charge in [0.2, 0.25) is 11.8 Å². The largest absolute Gasteiger partial charge is 0.315 e. The Morgan fingerprint density at radius 1 is 1.04 bits per heavy atom. The van der Waals surface area contributed by atoms with Crippen molar-refractivity contribution in [2.75, 3.05) is 13.1 Å². The Labute approximate surface area is 163 Å². The van der Waals surface area contributed by atoms with Crippen LogP contribution < -0.4 is 16.0 Å². The smallest absolute Gasteiger partial charge is 0.262 e. The molecule has 0 radical (unpaired) electrons. The second-order valence-corrected chi connectivity index (χ2v) is 7.60. The van der Waals surface area contributed by atoms with Crippen LogP contribution in [0.3, 0.4) is 0 Å². The van der Waals surface area contributed by atoms with Gasteiger partial charge in [-0.1, -0.05) is 12.5 Å². The molecule has 0 saturated carbocycles. The summed E-state index contributed by atoms with van der Waals surface area (Å²) in [6, 6.07) is 4.69. The van der Waals surface area contributed by atoms with E-state index in [1.807, 2.05) is 6.07 Å². The minimum Gasteiger partial charge on any atom is -0.315 e. The van der Waals surface area contributed by atoms with Gasteiger partial charge in [-0.25, -0.2) is 0 Å². The summed E-state index contributed by atoms with van der Waals surface area (Å²) in [5.41, 5.74) is 1.57. The number of imide groups is 2. The molecule has 2 atom stereocenters. The third-order valence-corrected chi connectivity index (χ3v) is 5.65. The number of amides is 4. The van der Waals surface area contributed by atoms with Gasteiger partial charge in [-0.2, -0.15) is 0 Å². The standard InChI is InChI=1S/C20H24N4O4/c25-17-7-6-16(18(26)23-17)24-19(27)14-5-4-12(9-15(14)20(24)28)10-22-13-3-1-2-8-21-11-13/h4-5,9,13,16,21-22H,1-3,6-8,10-11H2,(H,23,25,26)/t13-,16?/m0/s1. The van der Waals surface area contributed by atoms with Gasteiger partial charge < -0.3 is 10.6 Å². The molecule has 0 aliphatic carbocycles. The number of hydrogen-bond donors (Lipinski definition) is 3. The SMILES string of the molecule is O=C1CCC(N2C(=O)c3ccc(CN[C@H]4CCCCNC4)cc3C2=O)C(=O)N1. The van der Waals surface area contributed by atoms with Crippen LogP contribution in [-0.4, -0.2) is 53.7 Å². The van der Waals surface area contributed by atoms with Crippen LogP contribution in [0.4, 0.5) is 0 Å². The number of rotatable bonds is 4. The molecule has 0 aromatic heterocycles. The van der Waals surface area contributed by atoms with Gasteiger partial charge in [-0.3, -0.25) is 29.4 Å². The zero-order valence-electron chi connectivity index (χ0n) is 15.6. The molecule has 3 aliphatic heterocycles. The van der Waals surface area contributed by atoms with E-state index in [0.717, 1.165) is 30.0 Å². The van der Waals surface area contributed by atoms with E-state index in [9.17, 15) is 19.2 Å². The molecule has 0 bridgehead atoms. The molecule has 3 heterocycles. The highest BCUT2D eigenvalue weighted by molar-refractivity contribution is 6.23. The molecule has 4 rings (SSSR count). The topological polar surface area (TPSA) is 108 Å². The van der Waals surface area contributed by atoms with E-state index in [4.69, 9.17) is 0 Å². The molecule has 3 N–H and O–H groups in total. The summed E-state index contributed by atoms with van der Waals surface area (Å²) in [5, 5.41) is 9.12. The van der Waals surface area contributed by atoms with Crippen molar-refractivity contribution in [2.24, 2.45) is 0 Å². The molecule has 1 unspecified atom stereocenters. The number of hydrogen-bond acceptors (Lipinski definition) is 6. The van der Waals surface area contributed by atoms with Crippen LogP contribution >= 0.6 is 0 Å². The minimum absolute atomic E-state index is 0.119. The monoisotopic (exact) mass is 384 g/mol. The fourth-order valence-corrected chi connectivity index (χ4v) is 4.08. The van der Waals surface area contributed by atoms with Crippen LogP contribution in [0.15, 0.2) is 18.2 Å². The predicted molar refractivity (Wildman–Crippen MR) is 100 cm³/mol. The van der Waals surface area contributed by atoms with Gasteiger partial charge in [-0.15, -0.1) is 0 Å². The van der Waals surface area contributed by atoms with Crippen LogP contribution in [0.2, 0.25) is 0 Å². The zero-order chi connectivity index (χ0) is 19.7. The average Bonchev–Trinajstić information content (AvgIpc) is 2.86. The summed E-state index contributed by atoms with van der Waals surface area (Å²) in [6.07, 6.45) is 3.76. The van der Waals surface area contributed by atoms with Crippen LogP contribution in [0, 0.1) is 0 Å². The molecule has 8 nitrogen and oxygen atoms in total. The third-order valence-electron chi connectivity index (χ3n) is 5.65. The van der Waals surface area contributed by atoms with Crippen molar-refractivity contribution in [3.8, 4) is 0 Å². The molecule has 148 valence electrons. The van der Waals surface area contributed by atoms with Gasteiger partial charge in [0.05, 0.1) is 11.1 Å². The van der Waals surface area contributed by atoms with Gasteiger partial charge in [0.1, 0.15) is 6.04 Å². The molecule has 28 heavy (non-hydrogen) atoms. The quantitative estimate of drug-likeness (QED) is 0.646. The summed E-state index contributed by atoms with van der Waals surface area (Å²) in [6.45, 7) is 2.58. The normalized spacial score (nSPS) is 25.5. The van der Waals surface area contributed by atoms with Crippen LogP contribution in [-0.2, 0) is 16.1 Å². The number of carbonyl (C=O) groups excluding carboxylic acids is 4. The molecule has 1 aromatic carbocycles. The highest BCUT2D eigenvalue weighted by atomic mass is 16.2. The highest BCUT2D eigenvalue weighted by Crippen LogP contribution is 2.28. The Morgan fingerprint density at radius 3 is 2.68 bits per heavy atom. The van der Waals surface area contributed by atoms with Crippen molar-refractivity contribution >= 4 is 23.6 Å². The molecule has 0 spiro atoms. The Kier molecular flexibility index (Phi) is 5.23. The third kappa shape index (κ3) is 3.57. The Morgan fingerprint density at radius 2 is 1.86 bits per heavy atom. The number of fused-ring (bicyclic) bond motifs is 1. The first-order chi connectivity index (χ1) is 13.5. The van der Waals surface area contributed by atoms with Crippen LogP contribution in [0.5, 0.6) is 0 Å². The van der Waals surface area contributed by atoms with E-state index in [0.29, 0.717) is 23.7 Å². The Bertz CT molecular complexity index is 829. The van der Waals surface area contributed by atoms with Gasteiger partial charge >= 0.3 is 0 Å². The first kappa shape index (κ1) is 18.8. The zero-order valence-corrected chi connectivity index (χ0v) is 15.6. The van der Waals surface area contributed by atoms with Crippen LogP contribution in [0.1, 0.15) is 58.4 Å². The van der Waals surface area contributed by atoms with Gasteiger partial charge in [0.25, 0.3) is 11.8 Å². The minimum atomic E-state index is -0.927. The van der Waals surface area contributed by atoms with E-state index < -0.39 is 23.8 Å². The van der Waals surface area contributed by atoms with Crippen LogP contribution in [0.25, 0.3) is 0 Å². The first-order valence-corrected chi connectivity index (χ1v) is 9.83. The van der Waals surface area contributed by atoms with Crippen molar-refractivity contribution < 1.29 is 19.2 Å². The lowest BCUT2D eigenvalue weighted by atomic mass is 10.0. The number of nitrogens with one attached hydrogen (secondary N) is 3. The molecule has 4 amide bonds. The lowest BCUT2D eigenvalue weighted by molar-refractivity contribution is -0.136. The maximum Gasteiger partial charge on any atom is 0.262 e. The highest BCUT2D eigenvalue weighted by Gasteiger charge is 2.44. The first-order valence-electron chi connectivity index (χ1n) is 9.83. The fourth-order valence-electron chi connectivity index (χ4n) is 4.08. The van der Waals surface area contributed by atoms with Crippen molar-refractivity contribution in [3.05, 3.63) is 34.9 Å². The molecule has 8 heteroatoms. The predicted octanol–water partition coefficient (Wildman–Crippen LogP) is 0.320. The molecule has 1 aromatic rings. The summed E-state index contributed by atoms with van der Waals surface area (Å²) >= 11 is 0. The maximum atomic E-state index is 12.8. The van der Waals surface area contributed by atoms with Crippen molar-refractivity contribution in [1.29, 1.82) is 0 Å². The summed E-state index contributed by atoms with van der Waals surface area (Å²) in [5.74, 6) is -1.90. The van der Waals surface area contributed by atoms with E-state index in [-0.39, 0.29) is 18.7 Å². The maximum absolute atomic E-state index is 12.8. The molecular formula is C20H24N4O4. The van der Waals surface area contributed by atoms with Gasteiger partial charge in [-0.05, 0) is 43.5 Å². The summed E-state index contributed by atoms with van der Waals surface area (Å²) in [4.78, 5) is 50.0. The lowest BCUT2D eigenvalue weighted by Gasteiger charge is -2.27. The second-order valence-electron chi connectivity index (χ2n) is 7.60. The van der Waals surface area contributed by atoms with Gasteiger partial charge in [0.15, 0.2) is 0 Å². The Balaban J connectivity index is 1.47. The number of piperidine rings is 1. The fraction of sp³-hybridized carbons (Fsp3) is 0.500. The lowest BCUT2D eigenvalue weighted by Crippen LogP contribution is -2.54. The number of carbonyl (C=O) groups is 4. The van der Waals surface area contributed by atoms with E-state index >= 15 is 0 Å². The summed E-state index contributed by atoms with van der Waals surface area (Å²) < 4.78 is 0. The molecule has 2 saturated heterocycles. The second kappa shape index (κ2) is 7.81. The van der Waals surface area contributed by atoms with Gasteiger partial charge in [0, 0.05) is 25.6 Å². The summed E-state index contributed by atoms with van der Waals surface area (Å²) in [7, 11) is 0. The van der Waals surface area contributed by atoms with E-state index in [1.54, 1.807) is 12.1 Å². The number of benzene rings is 1. The van der Waals surface area contributed by atoms with Crippen molar-refractivity contribution in [1.82, 2.24) is 20.9 Å². The molecule has 3 aliphatic rings. The van der Waals surface area contributed by atoms with E-state index in [1.165, 1.54) is 12.8 Å². The van der Waals surface area contributed by atoms with Crippen molar-refractivity contribution in [3.63, 3.8) is 0 Å². The average molecular weight is 384 g/mol. The van der Waals surface area contributed by atoms with E-state index in [2.05, 4.69) is 16.0 Å². The Hall–Kier alpha value is -2.58.